The van der Waals surface area contributed by atoms with E-state index in [0.29, 0.717) is 35.3 Å². The third kappa shape index (κ3) is 5.72. The number of nitrogen functional groups attached to an aromatic ring is 1. The van der Waals surface area contributed by atoms with E-state index in [-0.39, 0.29) is 0 Å². The first-order chi connectivity index (χ1) is 12.5. The predicted molar refractivity (Wildman–Crippen MR) is 104 cm³/mol. The van der Waals surface area contributed by atoms with Gasteiger partial charge in [0.25, 0.3) is 0 Å². The maximum absolute atomic E-state index is 12.7. The molecule has 0 aliphatic carbocycles. The topological polar surface area (TPSA) is 70.6 Å². The van der Waals surface area contributed by atoms with Crippen LogP contribution in [-0.4, -0.2) is 30.5 Å². The van der Waals surface area contributed by atoms with E-state index in [2.05, 4.69) is 10.3 Å². The number of benzene rings is 2. The molecule has 0 amide bonds. The molecule has 27 heavy (non-hydrogen) atoms. The van der Waals surface area contributed by atoms with Crippen LogP contribution in [0, 0.1) is 0 Å². The van der Waals surface area contributed by atoms with Crippen LogP contribution in [0.4, 0.5) is 24.5 Å². The molecule has 0 aliphatic heterocycles. The molecule has 0 bridgehead atoms. The monoisotopic (exact) mass is 379 g/mol. The second-order valence-electron chi connectivity index (χ2n) is 6.95. The number of aliphatic hydroxyl groups is 1. The highest BCUT2D eigenvalue weighted by atomic mass is 19.4. The van der Waals surface area contributed by atoms with Crippen LogP contribution in [0.5, 0.6) is 0 Å². The van der Waals surface area contributed by atoms with Crippen LogP contribution in [-0.2, 0) is 6.18 Å². The van der Waals surface area contributed by atoms with Crippen molar-refractivity contribution in [3.05, 3.63) is 47.5 Å². The Bertz CT molecular complexity index is 807. The molecule has 2 aromatic rings. The van der Waals surface area contributed by atoms with Crippen LogP contribution in [0.25, 0.3) is 11.1 Å². The standard InChI is InChI=1S/C20H24F3N3O/c1-19(2,27)8-9-26-12-14-10-18(25-3)16(11-17(14)24)13-4-6-15(7-5-13)20(21,22)23/h4-7,10-12,25,27H,8-9,24H2,1-3H3. The summed E-state index contributed by atoms with van der Waals surface area (Å²) in [7, 11) is 1.73. The van der Waals surface area contributed by atoms with Crippen LogP contribution < -0.4 is 11.1 Å². The largest absolute Gasteiger partial charge is 0.416 e. The van der Waals surface area contributed by atoms with Crippen molar-refractivity contribution in [1.29, 1.82) is 0 Å². The third-order valence-electron chi connectivity index (χ3n) is 4.10. The predicted octanol–water partition coefficient (Wildman–Crippen LogP) is 4.58. The molecule has 0 saturated carbocycles. The minimum absolute atomic E-state index is 0.457. The zero-order chi connectivity index (χ0) is 20.2. The van der Waals surface area contributed by atoms with Crippen molar-refractivity contribution in [3.8, 4) is 11.1 Å². The summed E-state index contributed by atoms with van der Waals surface area (Å²) in [6.45, 7) is 3.89. The Morgan fingerprint density at radius 1 is 1.15 bits per heavy atom. The van der Waals surface area contributed by atoms with Gasteiger partial charge in [0.05, 0.1) is 11.2 Å². The lowest BCUT2D eigenvalue weighted by Crippen LogP contribution is -2.19. The normalized spacial score (nSPS) is 12.6. The van der Waals surface area contributed by atoms with Gasteiger partial charge in [0.15, 0.2) is 0 Å². The molecular weight excluding hydrogens is 355 g/mol. The first kappa shape index (κ1) is 20.8. The Hall–Kier alpha value is -2.54. The molecule has 0 saturated heterocycles. The molecule has 4 nitrogen and oxygen atoms in total. The van der Waals surface area contributed by atoms with Crippen molar-refractivity contribution in [2.24, 2.45) is 4.99 Å². The lowest BCUT2D eigenvalue weighted by atomic mass is 9.99. The highest BCUT2D eigenvalue weighted by Gasteiger charge is 2.30. The fourth-order valence-corrected chi connectivity index (χ4v) is 2.53. The molecule has 0 unspecified atom stereocenters. The van der Waals surface area contributed by atoms with E-state index in [1.807, 2.05) is 0 Å². The number of nitrogens with zero attached hydrogens (tertiary/aromatic N) is 1. The molecule has 0 aliphatic rings. The van der Waals surface area contributed by atoms with E-state index >= 15 is 0 Å². The molecule has 2 rings (SSSR count). The lowest BCUT2D eigenvalue weighted by molar-refractivity contribution is -0.137. The van der Waals surface area contributed by atoms with Gasteiger partial charge in [0.1, 0.15) is 0 Å². The number of nitrogens with two attached hydrogens (primary N) is 1. The molecule has 7 heteroatoms. The van der Waals surface area contributed by atoms with Crippen molar-refractivity contribution in [3.63, 3.8) is 0 Å². The minimum Gasteiger partial charge on any atom is -0.398 e. The Kier molecular flexibility index (Phi) is 6.15. The number of halogens is 3. The van der Waals surface area contributed by atoms with Gasteiger partial charge >= 0.3 is 6.18 Å². The van der Waals surface area contributed by atoms with Gasteiger partial charge in [-0.05, 0) is 50.1 Å². The molecule has 0 spiro atoms. The van der Waals surface area contributed by atoms with E-state index in [4.69, 9.17) is 5.73 Å². The smallest absolute Gasteiger partial charge is 0.398 e. The average molecular weight is 379 g/mol. The second kappa shape index (κ2) is 8.00. The molecule has 0 fully saturated rings. The quantitative estimate of drug-likeness (QED) is 0.508. The fourth-order valence-electron chi connectivity index (χ4n) is 2.53. The van der Waals surface area contributed by atoms with Gasteiger partial charge in [0, 0.05) is 42.3 Å². The maximum atomic E-state index is 12.7. The number of anilines is 2. The molecule has 146 valence electrons. The summed E-state index contributed by atoms with van der Waals surface area (Å²) in [4.78, 5) is 4.29. The number of nitrogens with one attached hydrogen (secondary N) is 1. The molecule has 0 atom stereocenters. The minimum atomic E-state index is -4.37. The fraction of sp³-hybridized carbons (Fsp3) is 0.350. The summed E-state index contributed by atoms with van der Waals surface area (Å²) in [5, 5.41) is 12.7. The first-order valence-electron chi connectivity index (χ1n) is 8.52. The molecular formula is C20H24F3N3O. The van der Waals surface area contributed by atoms with Gasteiger partial charge in [-0.3, -0.25) is 4.99 Å². The van der Waals surface area contributed by atoms with Gasteiger partial charge < -0.3 is 16.2 Å². The summed E-state index contributed by atoms with van der Waals surface area (Å²) < 4.78 is 38.2. The van der Waals surface area contributed by atoms with E-state index in [1.165, 1.54) is 12.1 Å². The molecule has 0 aromatic heterocycles. The highest BCUT2D eigenvalue weighted by molar-refractivity contribution is 5.93. The molecule has 0 radical (unpaired) electrons. The Morgan fingerprint density at radius 2 is 1.78 bits per heavy atom. The number of hydrogen-bond acceptors (Lipinski definition) is 4. The zero-order valence-electron chi connectivity index (χ0n) is 15.6. The molecule has 0 heterocycles. The lowest BCUT2D eigenvalue weighted by Gasteiger charge is -2.15. The SMILES string of the molecule is CNc1cc(C=NCCC(C)(C)O)c(N)cc1-c1ccc(C(F)(F)F)cc1. The summed E-state index contributed by atoms with van der Waals surface area (Å²) >= 11 is 0. The average Bonchev–Trinajstić information content (AvgIpc) is 2.58. The Balaban J connectivity index is 2.29. The van der Waals surface area contributed by atoms with Crippen LogP contribution in [0.2, 0.25) is 0 Å². The highest BCUT2D eigenvalue weighted by Crippen LogP contribution is 2.35. The van der Waals surface area contributed by atoms with Crippen LogP contribution in [0.15, 0.2) is 41.4 Å². The van der Waals surface area contributed by atoms with Crippen molar-refractivity contribution >= 4 is 17.6 Å². The van der Waals surface area contributed by atoms with Crippen molar-refractivity contribution in [2.75, 3.05) is 24.6 Å². The zero-order valence-corrected chi connectivity index (χ0v) is 15.6. The number of aliphatic imine (C=N–C) groups is 1. The maximum Gasteiger partial charge on any atom is 0.416 e. The Labute approximate surface area is 156 Å². The number of alkyl halides is 3. The van der Waals surface area contributed by atoms with Crippen LogP contribution in [0.1, 0.15) is 31.4 Å². The van der Waals surface area contributed by atoms with E-state index in [9.17, 15) is 18.3 Å². The summed E-state index contributed by atoms with van der Waals surface area (Å²) in [5.41, 5.74) is 7.85. The van der Waals surface area contributed by atoms with Crippen LogP contribution in [0.3, 0.4) is 0 Å². The summed E-state index contributed by atoms with van der Waals surface area (Å²) in [6, 6.07) is 8.47. The summed E-state index contributed by atoms with van der Waals surface area (Å²) in [6.07, 6.45) is -2.21. The Morgan fingerprint density at radius 3 is 2.30 bits per heavy atom. The van der Waals surface area contributed by atoms with Gasteiger partial charge in [-0.1, -0.05) is 12.1 Å². The van der Waals surface area contributed by atoms with Gasteiger partial charge in [-0.15, -0.1) is 0 Å². The second-order valence-corrected chi connectivity index (χ2v) is 6.95. The molecule has 4 N–H and O–H groups in total. The summed E-state index contributed by atoms with van der Waals surface area (Å²) in [5.74, 6) is 0. The first-order valence-corrected chi connectivity index (χ1v) is 8.52. The number of hydrogen-bond donors (Lipinski definition) is 3. The van der Waals surface area contributed by atoms with Gasteiger partial charge in [0.2, 0.25) is 0 Å². The number of rotatable bonds is 6. The van der Waals surface area contributed by atoms with E-state index < -0.39 is 17.3 Å². The van der Waals surface area contributed by atoms with E-state index in [0.717, 1.165) is 17.8 Å². The van der Waals surface area contributed by atoms with E-state index in [1.54, 1.807) is 39.2 Å². The molecule has 2 aromatic carbocycles. The van der Waals surface area contributed by atoms with Gasteiger partial charge in [-0.2, -0.15) is 13.2 Å². The van der Waals surface area contributed by atoms with Crippen molar-refractivity contribution in [1.82, 2.24) is 0 Å². The van der Waals surface area contributed by atoms with Crippen molar-refractivity contribution < 1.29 is 18.3 Å². The van der Waals surface area contributed by atoms with Crippen molar-refractivity contribution in [2.45, 2.75) is 32.0 Å². The third-order valence-corrected chi connectivity index (χ3v) is 4.10. The van der Waals surface area contributed by atoms with Crippen LogP contribution >= 0.6 is 0 Å². The van der Waals surface area contributed by atoms with Gasteiger partial charge in [-0.25, -0.2) is 0 Å².